The molecule has 0 radical (unpaired) electrons. The number of hydrogen-bond donors (Lipinski definition) is 2. The molecule has 0 unspecified atom stereocenters. The molecule has 0 atom stereocenters. The second kappa shape index (κ2) is 10.4. The van der Waals surface area contributed by atoms with Crippen molar-refractivity contribution in [3.63, 3.8) is 0 Å². The van der Waals surface area contributed by atoms with Crippen LogP contribution in [0.25, 0.3) is 11.4 Å². The van der Waals surface area contributed by atoms with Crippen molar-refractivity contribution in [2.75, 3.05) is 5.75 Å². The third-order valence-corrected chi connectivity index (χ3v) is 5.93. The molecule has 0 bridgehead atoms. The molecule has 2 N–H and O–H groups in total. The molecule has 0 saturated heterocycles. The van der Waals surface area contributed by atoms with E-state index < -0.39 is 6.03 Å². The van der Waals surface area contributed by atoms with E-state index in [9.17, 15) is 9.59 Å². The number of rotatable bonds is 7. The summed E-state index contributed by atoms with van der Waals surface area (Å²) >= 11 is 1.30. The van der Waals surface area contributed by atoms with E-state index >= 15 is 0 Å². The summed E-state index contributed by atoms with van der Waals surface area (Å²) in [6.45, 7) is 4.90. The number of imide groups is 1. The maximum absolute atomic E-state index is 12.2. The Balaban J connectivity index is 1.58. The van der Waals surface area contributed by atoms with Crippen LogP contribution in [0.2, 0.25) is 0 Å². The number of aromatic nitrogens is 3. The van der Waals surface area contributed by atoms with Crippen LogP contribution in [-0.4, -0.2) is 38.5 Å². The highest BCUT2D eigenvalue weighted by atomic mass is 32.2. The van der Waals surface area contributed by atoms with Gasteiger partial charge in [-0.1, -0.05) is 61.7 Å². The molecule has 1 aromatic heterocycles. The summed E-state index contributed by atoms with van der Waals surface area (Å²) in [5, 5.41) is 14.6. The van der Waals surface area contributed by atoms with Crippen LogP contribution in [0.4, 0.5) is 4.79 Å². The molecule has 1 aliphatic carbocycles. The second-order valence-electron chi connectivity index (χ2n) is 7.47. The van der Waals surface area contributed by atoms with E-state index in [1.165, 1.54) is 18.2 Å². The minimum Gasteiger partial charge on any atom is -0.335 e. The molecule has 7 nitrogen and oxygen atoms in total. The lowest BCUT2D eigenvalue weighted by Gasteiger charge is -2.22. The molecule has 1 aromatic carbocycles. The SMILES string of the molecule is CCCn1c(SCC(=O)NC(=O)NC2CCCCC2)nnc1-c1cccc(C)c1. The van der Waals surface area contributed by atoms with E-state index in [0.717, 1.165) is 55.6 Å². The van der Waals surface area contributed by atoms with Gasteiger partial charge in [0, 0.05) is 18.2 Å². The number of benzene rings is 1. The molecule has 0 spiro atoms. The standard InChI is InChI=1S/C21H29N5O2S/c1-3-12-26-19(16-9-7-8-15(2)13-16)24-25-21(26)29-14-18(27)23-20(28)22-17-10-5-4-6-11-17/h7-9,13,17H,3-6,10-12,14H2,1-2H3,(H2,22,23,27,28). The van der Waals surface area contributed by atoms with Crippen LogP contribution in [0, 0.1) is 6.92 Å². The van der Waals surface area contributed by atoms with Crippen molar-refractivity contribution < 1.29 is 9.59 Å². The van der Waals surface area contributed by atoms with Crippen molar-refractivity contribution in [2.24, 2.45) is 0 Å². The molecule has 3 amide bonds. The normalized spacial score (nSPS) is 14.6. The summed E-state index contributed by atoms with van der Waals surface area (Å²) < 4.78 is 2.04. The van der Waals surface area contributed by atoms with Gasteiger partial charge in [0.15, 0.2) is 11.0 Å². The number of carbonyl (C=O) groups excluding carboxylic acids is 2. The second-order valence-corrected chi connectivity index (χ2v) is 8.42. The number of hydrogen-bond acceptors (Lipinski definition) is 5. The van der Waals surface area contributed by atoms with Crippen LogP contribution in [0.3, 0.4) is 0 Å². The highest BCUT2D eigenvalue weighted by Gasteiger charge is 2.18. The van der Waals surface area contributed by atoms with Gasteiger partial charge < -0.3 is 9.88 Å². The van der Waals surface area contributed by atoms with Gasteiger partial charge in [0.05, 0.1) is 5.75 Å². The van der Waals surface area contributed by atoms with Crippen LogP contribution >= 0.6 is 11.8 Å². The van der Waals surface area contributed by atoms with Gasteiger partial charge in [-0.3, -0.25) is 10.1 Å². The predicted octanol–water partition coefficient (Wildman–Crippen LogP) is 3.91. The number of nitrogens with zero attached hydrogens (tertiary/aromatic N) is 3. The molecule has 1 heterocycles. The van der Waals surface area contributed by atoms with E-state index in [1.807, 2.05) is 29.7 Å². The monoisotopic (exact) mass is 415 g/mol. The van der Waals surface area contributed by atoms with Crippen molar-refractivity contribution in [3.8, 4) is 11.4 Å². The lowest BCUT2D eigenvalue weighted by molar-refractivity contribution is -0.117. The van der Waals surface area contributed by atoms with Crippen LogP contribution in [0.15, 0.2) is 29.4 Å². The molecule has 1 aliphatic rings. The Morgan fingerprint density at radius 3 is 2.72 bits per heavy atom. The van der Waals surface area contributed by atoms with Crippen LogP contribution in [0.1, 0.15) is 51.0 Å². The summed E-state index contributed by atoms with van der Waals surface area (Å²) in [7, 11) is 0. The number of amides is 3. The number of nitrogens with one attached hydrogen (secondary N) is 2. The van der Waals surface area contributed by atoms with E-state index in [2.05, 4.69) is 33.8 Å². The fourth-order valence-corrected chi connectivity index (χ4v) is 4.34. The van der Waals surface area contributed by atoms with Crippen molar-refractivity contribution in [3.05, 3.63) is 29.8 Å². The molecule has 1 fully saturated rings. The van der Waals surface area contributed by atoms with Crippen molar-refractivity contribution in [1.29, 1.82) is 0 Å². The first kappa shape index (κ1) is 21.4. The van der Waals surface area contributed by atoms with Gasteiger partial charge in [0.2, 0.25) is 5.91 Å². The Kier molecular flexibility index (Phi) is 7.69. The molecule has 8 heteroatoms. The maximum atomic E-state index is 12.2. The van der Waals surface area contributed by atoms with Gasteiger partial charge in [0.25, 0.3) is 0 Å². The molecule has 29 heavy (non-hydrogen) atoms. The number of carbonyl (C=O) groups is 2. The van der Waals surface area contributed by atoms with Crippen molar-refractivity contribution in [2.45, 2.75) is 70.1 Å². The fraction of sp³-hybridized carbons (Fsp3) is 0.524. The highest BCUT2D eigenvalue weighted by Crippen LogP contribution is 2.25. The molecular weight excluding hydrogens is 386 g/mol. The first-order chi connectivity index (χ1) is 14.1. The van der Waals surface area contributed by atoms with Gasteiger partial charge >= 0.3 is 6.03 Å². The zero-order chi connectivity index (χ0) is 20.6. The Morgan fingerprint density at radius 2 is 2.00 bits per heavy atom. The third kappa shape index (κ3) is 6.06. The molecule has 0 aliphatic heterocycles. The van der Waals surface area contributed by atoms with E-state index in [4.69, 9.17) is 0 Å². The molecule has 2 aromatic rings. The van der Waals surface area contributed by atoms with Crippen LogP contribution in [-0.2, 0) is 11.3 Å². The van der Waals surface area contributed by atoms with E-state index in [-0.39, 0.29) is 17.7 Å². The largest absolute Gasteiger partial charge is 0.335 e. The summed E-state index contributed by atoms with van der Waals surface area (Å²) in [5.41, 5.74) is 2.17. The number of aryl methyl sites for hydroxylation is 1. The van der Waals surface area contributed by atoms with Crippen molar-refractivity contribution >= 4 is 23.7 Å². The Labute approximate surface area is 176 Å². The lowest BCUT2D eigenvalue weighted by atomic mass is 9.96. The van der Waals surface area contributed by atoms with Gasteiger partial charge in [-0.05, 0) is 32.3 Å². The molecule has 156 valence electrons. The van der Waals surface area contributed by atoms with Crippen molar-refractivity contribution in [1.82, 2.24) is 25.4 Å². The minimum absolute atomic E-state index is 0.119. The van der Waals surface area contributed by atoms with Crippen LogP contribution < -0.4 is 10.6 Å². The molecule has 1 saturated carbocycles. The Morgan fingerprint density at radius 1 is 1.21 bits per heavy atom. The number of thioether (sulfide) groups is 1. The topological polar surface area (TPSA) is 88.9 Å². The van der Waals surface area contributed by atoms with Gasteiger partial charge in [-0.15, -0.1) is 10.2 Å². The summed E-state index contributed by atoms with van der Waals surface area (Å²) in [5.74, 6) is 0.591. The lowest BCUT2D eigenvalue weighted by Crippen LogP contribution is -2.45. The molecule has 3 rings (SSSR count). The predicted molar refractivity (Wildman–Crippen MR) is 115 cm³/mol. The first-order valence-electron chi connectivity index (χ1n) is 10.3. The zero-order valence-electron chi connectivity index (χ0n) is 17.1. The fourth-order valence-electron chi connectivity index (χ4n) is 3.58. The summed E-state index contributed by atoms with van der Waals surface area (Å²) in [6.07, 6.45) is 6.38. The summed E-state index contributed by atoms with van der Waals surface area (Å²) in [6, 6.07) is 7.91. The van der Waals surface area contributed by atoms with Gasteiger partial charge in [-0.25, -0.2) is 4.79 Å². The number of urea groups is 1. The smallest absolute Gasteiger partial charge is 0.321 e. The first-order valence-corrected chi connectivity index (χ1v) is 11.3. The van der Waals surface area contributed by atoms with E-state index in [1.54, 1.807) is 0 Å². The van der Waals surface area contributed by atoms with Gasteiger partial charge in [0.1, 0.15) is 0 Å². The Hall–Kier alpha value is -2.35. The maximum Gasteiger partial charge on any atom is 0.321 e. The highest BCUT2D eigenvalue weighted by molar-refractivity contribution is 7.99. The average Bonchev–Trinajstić information content (AvgIpc) is 3.10. The third-order valence-electron chi connectivity index (χ3n) is 4.97. The minimum atomic E-state index is -0.405. The van der Waals surface area contributed by atoms with Crippen LogP contribution in [0.5, 0.6) is 0 Å². The van der Waals surface area contributed by atoms with Gasteiger partial charge in [-0.2, -0.15) is 0 Å². The summed E-state index contributed by atoms with van der Waals surface area (Å²) in [4.78, 5) is 24.2. The quantitative estimate of drug-likeness (QED) is 0.669. The van der Waals surface area contributed by atoms with E-state index in [0.29, 0.717) is 5.16 Å². The average molecular weight is 416 g/mol. The molecular formula is C21H29N5O2S. The Bertz CT molecular complexity index is 845. The zero-order valence-corrected chi connectivity index (χ0v) is 17.9.